The summed E-state index contributed by atoms with van der Waals surface area (Å²) in [6, 6.07) is 2.16. The smallest absolute Gasteiger partial charge is 0.224 e. The van der Waals surface area contributed by atoms with Gasteiger partial charge >= 0.3 is 0 Å². The zero-order chi connectivity index (χ0) is 11.0. The first-order chi connectivity index (χ1) is 7.13. The van der Waals surface area contributed by atoms with Crippen LogP contribution >= 0.6 is 11.3 Å². The fourth-order valence-corrected chi connectivity index (χ4v) is 2.50. The molecule has 5 heteroatoms. The van der Waals surface area contributed by atoms with Gasteiger partial charge < -0.3 is 5.32 Å². The maximum atomic E-state index is 4.17. The van der Waals surface area contributed by atoms with E-state index < -0.39 is 0 Å². The summed E-state index contributed by atoms with van der Waals surface area (Å²) in [6.45, 7) is 4.24. The summed E-state index contributed by atoms with van der Waals surface area (Å²) < 4.78 is 1.96. The van der Waals surface area contributed by atoms with E-state index in [2.05, 4.69) is 35.4 Å². The van der Waals surface area contributed by atoms with E-state index in [0.29, 0.717) is 0 Å². The highest BCUT2D eigenvalue weighted by Gasteiger charge is 2.12. The number of anilines is 1. The van der Waals surface area contributed by atoms with E-state index in [4.69, 9.17) is 0 Å². The molecule has 0 aliphatic rings. The van der Waals surface area contributed by atoms with E-state index >= 15 is 0 Å². The molecule has 2 rings (SSSR count). The standard InChI is InChI=1S/C10H14N4S/c1-6-5-8(15-7(6)2)9-12-13-10(11-3)14(9)4/h5H,1-4H3,(H,11,13). The van der Waals surface area contributed by atoms with Crippen LogP contribution in [0.25, 0.3) is 10.7 Å². The Balaban J connectivity index is 2.49. The summed E-state index contributed by atoms with van der Waals surface area (Å²) in [5.74, 6) is 1.70. The molecular weight excluding hydrogens is 208 g/mol. The van der Waals surface area contributed by atoms with Gasteiger partial charge in [-0.25, -0.2) is 0 Å². The predicted octanol–water partition coefficient (Wildman–Crippen LogP) is 2.20. The van der Waals surface area contributed by atoms with Crippen molar-refractivity contribution in [2.45, 2.75) is 13.8 Å². The van der Waals surface area contributed by atoms with Gasteiger partial charge in [-0.1, -0.05) is 0 Å². The van der Waals surface area contributed by atoms with Gasteiger partial charge in [-0.05, 0) is 25.5 Å². The molecular formula is C10H14N4S. The van der Waals surface area contributed by atoms with Gasteiger partial charge in [-0.15, -0.1) is 21.5 Å². The molecule has 15 heavy (non-hydrogen) atoms. The Labute approximate surface area is 93.0 Å². The SMILES string of the molecule is CNc1nnc(-c2cc(C)c(C)s2)n1C. The van der Waals surface area contributed by atoms with Gasteiger partial charge in [0.25, 0.3) is 0 Å². The van der Waals surface area contributed by atoms with Crippen molar-refractivity contribution in [3.8, 4) is 10.7 Å². The highest BCUT2D eigenvalue weighted by Crippen LogP contribution is 2.29. The largest absolute Gasteiger partial charge is 0.357 e. The zero-order valence-corrected chi connectivity index (χ0v) is 10.1. The molecule has 2 aromatic heterocycles. The lowest BCUT2D eigenvalue weighted by molar-refractivity contribution is 0.927. The highest BCUT2D eigenvalue weighted by atomic mass is 32.1. The molecule has 0 aliphatic carbocycles. The fraction of sp³-hybridized carbons (Fsp3) is 0.400. The maximum Gasteiger partial charge on any atom is 0.224 e. The van der Waals surface area contributed by atoms with Crippen LogP contribution in [0.3, 0.4) is 0 Å². The molecule has 0 unspecified atom stereocenters. The van der Waals surface area contributed by atoms with Crippen molar-refractivity contribution < 1.29 is 0 Å². The molecule has 0 saturated carbocycles. The van der Waals surface area contributed by atoms with Crippen LogP contribution in [-0.2, 0) is 7.05 Å². The van der Waals surface area contributed by atoms with Gasteiger partial charge in [-0.3, -0.25) is 4.57 Å². The number of thiophene rings is 1. The first-order valence-electron chi connectivity index (χ1n) is 4.78. The van der Waals surface area contributed by atoms with Crippen LogP contribution in [0.15, 0.2) is 6.07 Å². The average molecular weight is 222 g/mol. The number of aryl methyl sites for hydroxylation is 2. The van der Waals surface area contributed by atoms with E-state index in [1.54, 1.807) is 11.3 Å². The third-order valence-corrected chi connectivity index (χ3v) is 3.63. The summed E-state index contributed by atoms with van der Waals surface area (Å²) in [6.07, 6.45) is 0. The Morgan fingerprint density at radius 1 is 1.33 bits per heavy atom. The third kappa shape index (κ3) is 1.63. The zero-order valence-electron chi connectivity index (χ0n) is 9.33. The Morgan fingerprint density at radius 2 is 2.07 bits per heavy atom. The molecule has 2 aromatic rings. The molecule has 0 aliphatic heterocycles. The summed E-state index contributed by atoms with van der Waals surface area (Å²) in [4.78, 5) is 2.50. The van der Waals surface area contributed by atoms with Crippen LogP contribution in [0, 0.1) is 13.8 Å². The number of nitrogens with zero attached hydrogens (tertiary/aromatic N) is 3. The van der Waals surface area contributed by atoms with Crippen molar-refractivity contribution in [1.29, 1.82) is 0 Å². The normalized spacial score (nSPS) is 10.7. The third-order valence-electron chi connectivity index (χ3n) is 2.48. The van der Waals surface area contributed by atoms with E-state index in [-0.39, 0.29) is 0 Å². The first-order valence-corrected chi connectivity index (χ1v) is 5.59. The summed E-state index contributed by atoms with van der Waals surface area (Å²) in [5.41, 5.74) is 1.31. The summed E-state index contributed by atoms with van der Waals surface area (Å²) >= 11 is 1.75. The molecule has 0 atom stereocenters. The number of aromatic nitrogens is 3. The van der Waals surface area contributed by atoms with Crippen molar-refractivity contribution in [3.63, 3.8) is 0 Å². The number of rotatable bonds is 2. The van der Waals surface area contributed by atoms with Crippen molar-refractivity contribution in [2.75, 3.05) is 12.4 Å². The van der Waals surface area contributed by atoms with Crippen LogP contribution in [0.4, 0.5) is 5.95 Å². The van der Waals surface area contributed by atoms with Gasteiger partial charge in [0.05, 0.1) is 4.88 Å². The number of nitrogens with one attached hydrogen (secondary N) is 1. The van der Waals surface area contributed by atoms with E-state index in [1.807, 2.05) is 18.7 Å². The maximum absolute atomic E-state index is 4.17. The second-order valence-corrected chi connectivity index (χ2v) is 4.76. The molecule has 2 heterocycles. The predicted molar refractivity (Wildman–Crippen MR) is 63.3 cm³/mol. The average Bonchev–Trinajstić information content (AvgIpc) is 2.71. The molecule has 0 amide bonds. The Hall–Kier alpha value is -1.36. The summed E-state index contributed by atoms with van der Waals surface area (Å²) in [7, 11) is 3.81. The van der Waals surface area contributed by atoms with Crippen molar-refractivity contribution in [1.82, 2.24) is 14.8 Å². The van der Waals surface area contributed by atoms with Gasteiger partial charge in [0, 0.05) is 19.0 Å². The minimum Gasteiger partial charge on any atom is -0.357 e. The molecule has 0 aromatic carbocycles. The molecule has 80 valence electrons. The Kier molecular flexibility index (Phi) is 2.48. The van der Waals surface area contributed by atoms with Gasteiger partial charge in [0.2, 0.25) is 5.95 Å². The van der Waals surface area contributed by atoms with Gasteiger partial charge in [0.1, 0.15) is 0 Å². The molecule has 0 bridgehead atoms. The van der Waals surface area contributed by atoms with Crippen LogP contribution in [0.5, 0.6) is 0 Å². The quantitative estimate of drug-likeness (QED) is 0.847. The van der Waals surface area contributed by atoms with Crippen LogP contribution in [0.1, 0.15) is 10.4 Å². The fourth-order valence-electron chi connectivity index (χ4n) is 1.44. The van der Waals surface area contributed by atoms with Crippen LogP contribution < -0.4 is 5.32 Å². The number of hydrogen-bond acceptors (Lipinski definition) is 4. The van der Waals surface area contributed by atoms with Crippen molar-refractivity contribution in [2.24, 2.45) is 7.05 Å². The van der Waals surface area contributed by atoms with Crippen LogP contribution in [-0.4, -0.2) is 21.8 Å². The van der Waals surface area contributed by atoms with E-state index in [1.165, 1.54) is 15.3 Å². The minimum absolute atomic E-state index is 0.786. The molecule has 0 spiro atoms. The minimum atomic E-state index is 0.786. The lowest BCUT2D eigenvalue weighted by Gasteiger charge is -2.00. The second-order valence-electron chi connectivity index (χ2n) is 3.51. The monoisotopic (exact) mass is 222 g/mol. The van der Waals surface area contributed by atoms with Crippen LogP contribution in [0.2, 0.25) is 0 Å². The molecule has 4 nitrogen and oxygen atoms in total. The molecule has 0 radical (unpaired) electrons. The second kappa shape index (κ2) is 3.66. The molecule has 1 N–H and O–H groups in total. The molecule has 0 saturated heterocycles. The lowest BCUT2D eigenvalue weighted by atomic mass is 10.3. The molecule has 0 fully saturated rings. The van der Waals surface area contributed by atoms with E-state index in [9.17, 15) is 0 Å². The lowest BCUT2D eigenvalue weighted by Crippen LogP contribution is -1.98. The number of hydrogen-bond donors (Lipinski definition) is 1. The highest BCUT2D eigenvalue weighted by molar-refractivity contribution is 7.15. The van der Waals surface area contributed by atoms with E-state index in [0.717, 1.165) is 11.8 Å². The van der Waals surface area contributed by atoms with Gasteiger partial charge in [-0.2, -0.15) is 0 Å². The topological polar surface area (TPSA) is 42.7 Å². The summed E-state index contributed by atoms with van der Waals surface area (Å²) in [5, 5.41) is 11.2. The Morgan fingerprint density at radius 3 is 2.53 bits per heavy atom. The van der Waals surface area contributed by atoms with Gasteiger partial charge in [0.15, 0.2) is 5.82 Å². The first kappa shape index (κ1) is 10.2. The van der Waals surface area contributed by atoms with Crippen molar-refractivity contribution >= 4 is 17.3 Å². The Bertz CT molecular complexity index is 464. The van der Waals surface area contributed by atoms with Crippen molar-refractivity contribution in [3.05, 3.63) is 16.5 Å².